The van der Waals surface area contributed by atoms with E-state index in [1.807, 2.05) is 30.3 Å². The molecule has 1 fully saturated rings. The number of carbonyl (C=O) groups excluding carboxylic acids is 1. The van der Waals surface area contributed by atoms with E-state index in [-0.39, 0.29) is 5.92 Å². The summed E-state index contributed by atoms with van der Waals surface area (Å²) in [5, 5.41) is 8.91. The Morgan fingerprint density at radius 3 is 2.71 bits per heavy atom. The molecule has 1 aromatic rings. The second-order valence-corrected chi connectivity index (χ2v) is 3.15. The molecule has 0 spiro atoms. The van der Waals surface area contributed by atoms with Crippen molar-refractivity contribution < 1.29 is 14.6 Å². The van der Waals surface area contributed by atoms with Crippen LogP contribution in [0.5, 0.6) is 0 Å². The molecule has 0 aromatic heterocycles. The number of benzene rings is 1. The van der Waals surface area contributed by atoms with Gasteiger partial charge >= 0.3 is 5.97 Å². The summed E-state index contributed by atoms with van der Waals surface area (Å²) in [6.07, 6.45) is 0.840. The van der Waals surface area contributed by atoms with Crippen molar-refractivity contribution in [2.45, 2.75) is 5.92 Å². The summed E-state index contributed by atoms with van der Waals surface area (Å²) >= 11 is 0. The molecular weight excluding hydrogens is 180 g/mol. The van der Waals surface area contributed by atoms with E-state index in [0.717, 1.165) is 11.8 Å². The molecule has 2 rings (SSSR count). The summed E-state index contributed by atoms with van der Waals surface area (Å²) in [6, 6.07) is 9.52. The molecule has 1 heterocycles. The minimum absolute atomic E-state index is 0.131. The molecular formula is C11H10O3. The first-order valence-electron chi connectivity index (χ1n) is 4.39. The first-order chi connectivity index (χ1) is 6.83. The SMILES string of the molecule is O=C1OCC(c2ccccc2)C1=CO. The van der Waals surface area contributed by atoms with Crippen molar-refractivity contribution in [3.8, 4) is 0 Å². The molecule has 0 amide bonds. The van der Waals surface area contributed by atoms with Crippen molar-refractivity contribution in [2.24, 2.45) is 0 Å². The maximum atomic E-state index is 11.1. The van der Waals surface area contributed by atoms with Crippen LogP contribution in [0.2, 0.25) is 0 Å². The predicted molar refractivity (Wildman–Crippen MR) is 50.9 cm³/mol. The molecule has 1 unspecified atom stereocenters. The third-order valence-electron chi connectivity index (χ3n) is 2.33. The van der Waals surface area contributed by atoms with Crippen LogP contribution in [0.1, 0.15) is 11.5 Å². The molecule has 1 atom stereocenters. The van der Waals surface area contributed by atoms with Crippen LogP contribution in [0, 0.1) is 0 Å². The van der Waals surface area contributed by atoms with Gasteiger partial charge in [0.05, 0.1) is 17.8 Å². The number of hydrogen-bond donors (Lipinski definition) is 1. The van der Waals surface area contributed by atoms with Crippen molar-refractivity contribution in [1.29, 1.82) is 0 Å². The molecule has 0 aliphatic carbocycles. The van der Waals surface area contributed by atoms with Gasteiger partial charge in [-0.05, 0) is 5.56 Å². The molecule has 1 aromatic carbocycles. The Morgan fingerprint density at radius 1 is 1.36 bits per heavy atom. The lowest BCUT2D eigenvalue weighted by molar-refractivity contribution is -0.135. The van der Waals surface area contributed by atoms with Gasteiger partial charge in [0.15, 0.2) is 0 Å². The molecule has 72 valence electrons. The zero-order chi connectivity index (χ0) is 9.97. The zero-order valence-electron chi connectivity index (χ0n) is 7.51. The highest BCUT2D eigenvalue weighted by molar-refractivity contribution is 5.92. The van der Waals surface area contributed by atoms with E-state index >= 15 is 0 Å². The molecule has 1 saturated heterocycles. The van der Waals surface area contributed by atoms with Gasteiger partial charge in [-0.3, -0.25) is 0 Å². The fourth-order valence-corrected chi connectivity index (χ4v) is 1.58. The third kappa shape index (κ3) is 1.37. The minimum atomic E-state index is -0.429. The third-order valence-corrected chi connectivity index (χ3v) is 2.33. The van der Waals surface area contributed by atoms with Gasteiger partial charge in [-0.25, -0.2) is 4.79 Å². The van der Waals surface area contributed by atoms with Gasteiger partial charge in [0.1, 0.15) is 6.61 Å². The van der Waals surface area contributed by atoms with Crippen LogP contribution in [0.4, 0.5) is 0 Å². The van der Waals surface area contributed by atoms with Crippen LogP contribution in [-0.2, 0) is 9.53 Å². The Balaban J connectivity index is 2.33. The van der Waals surface area contributed by atoms with E-state index < -0.39 is 5.97 Å². The molecule has 0 bridgehead atoms. The first-order valence-corrected chi connectivity index (χ1v) is 4.39. The molecule has 3 heteroatoms. The number of aliphatic hydroxyl groups is 1. The van der Waals surface area contributed by atoms with Crippen LogP contribution in [-0.4, -0.2) is 17.7 Å². The molecule has 0 saturated carbocycles. The minimum Gasteiger partial charge on any atom is -0.515 e. The van der Waals surface area contributed by atoms with Gasteiger partial charge in [0.2, 0.25) is 0 Å². The Labute approximate surface area is 81.6 Å². The van der Waals surface area contributed by atoms with Crippen LogP contribution in [0.25, 0.3) is 0 Å². The van der Waals surface area contributed by atoms with Gasteiger partial charge in [-0.15, -0.1) is 0 Å². The van der Waals surface area contributed by atoms with Crippen molar-refractivity contribution in [3.05, 3.63) is 47.7 Å². The number of ether oxygens (including phenoxy) is 1. The number of carbonyl (C=O) groups is 1. The smallest absolute Gasteiger partial charge is 0.337 e. The average Bonchev–Trinajstić information content (AvgIpc) is 2.61. The summed E-state index contributed by atoms with van der Waals surface area (Å²) in [5.41, 5.74) is 1.31. The highest BCUT2D eigenvalue weighted by atomic mass is 16.5. The molecule has 0 radical (unpaired) electrons. The Kier molecular flexibility index (Phi) is 2.23. The lowest BCUT2D eigenvalue weighted by Crippen LogP contribution is -2.01. The predicted octanol–water partition coefficient (Wildman–Crippen LogP) is 1.77. The van der Waals surface area contributed by atoms with Gasteiger partial charge in [-0.1, -0.05) is 30.3 Å². The number of hydrogen-bond acceptors (Lipinski definition) is 3. The van der Waals surface area contributed by atoms with E-state index in [2.05, 4.69) is 0 Å². The topological polar surface area (TPSA) is 46.5 Å². The lowest BCUT2D eigenvalue weighted by Gasteiger charge is -2.06. The number of esters is 1. The quantitative estimate of drug-likeness (QED) is 0.417. The second kappa shape index (κ2) is 3.54. The van der Waals surface area contributed by atoms with Crippen LogP contribution >= 0.6 is 0 Å². The van der Waals surface area contributed by atoms with Gasteiger partial charge < -0.3 is 9.84 Å². The molecule has 1 aliphatic rings. The Morgan fingerprint density at radius 2 is 2.07 bits per heavy atom. The summed E-state index contributed by atoms with van der Waals surface area (Å²) < 4.78 is 4.86. The second-order valence-electron chi connectivity index (χ2n) is 3.15. The van der Waals surface area contributed by atoms with E-state index in [9.17, 15) is 4.79 Å². The summed E-state index contributed by atoms with van der Waals surface area (Å²) in [5.74, 6) is -0.560. The molecule has 1 N–H and O–H groups in total. The lowest BCUT2D eigenvalue weighted by atomic mass is 9.95. The fraction of sp³-hybridized carbons (Fsp3) is 0.182. The van der Waals surface area contributed by atoms with E-state index in [4.69, 9.17) is 9.84 Å². The van der Waals surface area contributed by atoms with E-state index in [1.165, 1.54) is 0 Å². The van der Waals surface area contributed by atoms with E-state index in [1.54, 1.807) is 0 Å². The Hall–Kier alpha value is -1.77. The largest absolute Gasteiger partial charge is 0.515 e. The molecule has 1 aliphatic heterocycles. The Bertz CT molecular complexity index is 367. The van der Waals surface area contributed by atoms with Crippen molar-refractivity contribution in [2.75, 3.05) is 6.61 Å². The summed E-state index contributed by atoms with van der Waals surface area (Å²) in [6.45, 7) is 0.315. The van der Waals surface area contributed by atoms with Crippen LogP contribution in [0.15, 0.2) is 42.2 Å². The maximum absolute atomic E-state index is 11.1. The van der Waals surface area contributed by atoms with Crippen molar-refractivity contribution in [1.82, 2.24) is 0 Å². The summed E-state index contributed by atoms with van der Waals surface area (Å²) in [4.78, 5) is 11.1. The van der Waals surface area contributed by atoms with Gasteiger partial charge in [-0.2, -0.15) is 0 Å². The summed E-state index contributed by atoms with van der Waals surface area (Å²) in [7, 11) is 0. The standard InChI is InChI=1S/C11H10O3/c12-6-9-10(7-14-11(9)13)8-4-2-1-3-5-8/h1-6,10,12H,7H2. The maximum Gasteiger partial charge on any atom is 0.337 e. The highest BCUT2D eigenvalue weighted by Crippen LogP contribution is 2.30. The van der Waals surface area contributed by atoms with Crippen molar-refractivity contribution in [3.63, 3.8) is 0 Å². The van der Waals surface area contributed by atoms with Crippen LogP contribution in [0.3, 0.4) is 0 Å². The number of rotatable bonds is 1. The van der Waals surface area contributed by atoms with Gasteiger partial charge in [0, 0.05) is 0 Å². The number of cyclic esters (lactones) is 1. The first kappa shape index (κ1) is 8.81. The zero-order valence-corrected chi connectivity index (χ0v) is 7.51. The van der Waals surface area contributed by atoms with Crippen LogP contribution < -0.4 is 0 Å². The fourth-order valence-electron chi connectivity index (χ4n) is 1.58. The average molecular weight is 190 g/mol. The van der Waals surface area contributed by atoms with E-state index in [0.29, 0.717) is 12.2 Å². The van der Waals surface area contributed by atoms with Gasteiger partial charge in [0.25, 0.3) is 0 Å². The van der Waals surface area contributed by atoms with Crippen molar-refractivity contribution >= 4 is 5.97 Å². The molecule has 14 heavy (non-hydrogen) atoms. The molecule has 3 nitrogen and oxygen atoms in total. The highest BCUT2D eigenvalue weighted by Gasteiger charge is 2.31. The number of aliphatic hydroxyl groups excluding tert-OH is 1. The monoisotopic (exact) mass is 190 g/mol. The normalized spacial score (nSPS) is 23.9.